The van der Waals surface area contributed by atoms with Crippen LogP contribution < -0.4 is 10.5 Å². The Kier molecular flexibility index (Phi) is 6.30. The van der Waals surface area contributed by atoms with Crippen molar-refractivity contribution in [1.29, 1.82) is 0 Å². The summed E-state index contributed by atoms with van der Waals surface area (Å²) >= 11 is 1.65. The average molecular weight is 459 g/mol. The van der Waals surface area contributed by atoms with E-state index in [2.05, 4.69) is 4.98 Å². The number of fused-ring (bicyclic) bond motifs is 2. The van der Waals surface area contributed by atoms with Crippen LogP contribution in [0.2, 0.25) is 0 Å². The van der Waals surface area contributed by atoms with Crippen LogP contribution in [0, 0.1) is 0 Å². The van der Waals surface area contributed by atoms with Gasteiger partial charge in [0.1, 0.15) is 0 Å². The van der Waals surface area contributed by atoms with Crippen molar-refractivity contribution in [3.8, 4) is 0 Å². The molecule has 4 aromatic rings. The van der Waals surface area contributed by atoms with E-state index in [-0.39, 0.29) is 11.5 Å². The number of para-hydroxylation sites is 1. The molecular formula is C26H26N4O2S. The third kappa shape index (κ3) is 4.73. The highest BCUT2D eigenvalue weighted by Gasteiger charge is 2.23. The fourth-order valence-electron chi connectivity index (χ4n) is 4.28. The first-order valence-corrected chi connectivity index (χ1v) is 12.3. The van der Waals surface area contributed by atoms with Gasteiger partial charge in [-0.05, 0) is 49.8 Å². The van der Waals surface area contributed by atoms with Crippen LogP contribution in [-0.2, 0) is 30.7 Å². The summed E-state index contributed by atoms with van der Waals surface area (Å²) in [6, 6.07) is 17.4. The van der Waals surface area contributed by atoms with Gasteiger partial charge in [-0.1, -0.05) is 42.5 Å². The van der Waals surface area contributed by atoms with E-state index in [1.54, 1.807) is 28.3 Å². The highest BCUT2D eigenvalue weighted by Crippen LogP contribution is 2.33. The highest BCUT2D eigenvalue weighted by molar-refractivity contribution is 7.15. The van der Waals surface area contributed by atoms with Crippen LogP contribution in [0.25, 0.3) is 10.9 Å². The van der Waals surface area contributed by atoms with Gasteiger partial charge in [0.25, 0.3) is 5.56 Å². The van der Waals surface area contributed by atoms with E-state index >= 15 is 0 Å². The summed E-state index contributed by atoms with van der Waals surface area (Å²) in [6.07, 6.45) is 6.89. The van der Waals surface area contributed by atoms with Crippen LogP contribution in [0.5, 0.6) is 0 Å². The minimum atomic E-state index is -0.0678. The minimum Gasteiger partial charge on any atom is -0.299 e. The molecule has 0 N–H and O–H groups in total. The second-order valence-corrected chi connectivity index (χ2v) is 9.46. The normalized spacial score (nSPS) is 13.1. The summed E-state index contributed by atoms with van der Waals surface area (Å²) in [5, 5.41) is 1.39. The van der Waals surface area contributed by atoms with Gasteiger partial charge in [0, 0.05) is 17.8 Å². The van der Waals surface area contributed by atoms with Crippen LogP contribution in [0.3, 0.4) is 0 Å². The molecule has 0 radical (unpaired) electrons. The minimum absolute atomic E-state index is 0.0340. The summed E-state index contributed by atoms with van der Waals surface area (Å²) in [6.45, 7) is 0.958. The molecule has 168 valence electrons. The topological polar surface area (TPSA) is 68.1 Å². The molecule has 0 saturated heterocycles. The number of aryl methyl sites for hydroxylation is 3. The number of aromatic nitrogens is 3. The highest BCUT2D eigenvalue weighted by atomic mass is 32.1. The van der Waals surface area contributed by atoms with Gasteiger partial charge in [0.2, 0.25) is 5.91 Å². The maximum atomic E-state index is 13.3. The first-order valence-electron chi connectivity index (χ1n) is 11.5. The van der Waals surface area contributed by atoms with Gasteiger partial charge in [-0.2, -0.15) is 0 Å². The molecule has 0 aliphatic heterocycles. The van der Waals surface area contributed by atoms with Crippen molar-refractivity contribution in [3.63, 3.8) is 0 Å². The van der Waals surface area contributed by atoms with Crippen molar-refractivity contribution in [2.45, 2.75) is 51.6 Å². The molecule has 33 heavy (non-hydrogen) atoms. The summed E-state index contributed by atoms with van der Waals surface area (Å²) in [7, 11) is 0. The van der Waals surface area contributed by atoms with Crippen LogP contribution in [0.4, 0.5) is 5.13 Å². The molecule has 1 aliphatic rings. The van der Waals surface area contributed by atoms with Crippen LogP contribution in [0.15, 0.2) is 65.7 Å². The first-order chi connectivity index (χ1) is 16.2. The Balaban J connectivity index is 1.32. The summed E-state index contributed by atoms with van der Waals surface area (Å²) < 4.78 is 1.60. The predicted molar refractivity (Wildman–Crippen MR) is 132 cm³/mol. The van der Waals surface area contributed by atoms with Gasteiger partial charge in [0.05, 0.1) is 29.5 Å². The Hall–Kier alpha value is -3.32. The van der Waals surface area contributed by atoms with E-state index in [9.17, 15) is 9.59 Å². The number of amides is 1. The lowest BCUT2D eigenvalue weighted by atomic mass is 10.0. The zero-order valence-electron chi connectivity index (χ0n) is 18.4. The van der Waals surface area contributed by atoms with Gasteiger partial charge in [0.15, 0.2) is 5.13 Å². The maximum Gasteiger partial charge on any atom is 0.261 e. The van der Waals surface area contributed by atoms with Gasteiger partial charge >= 0.3 is 0 Å². The number of benzene rings is 2. The van der Waals surface area contributed by atoms with Crippen molar-refractivity contribution in [1.82, 2.24) is 14.5 Å². The van der Waals surface area contributed by atoms with Gasteiger partial charge < -0.3 is 0 Å². The molecule has 2 aromatic heterocycles. The first kappa shape index (κ1) is 21.5. The molecule has 5 rings (SSSR count). The fraction of sp³-hybridized carbons (Fsp3) is 0.308. The molecule has 6 nitrogen and oxygen atoms in total. The van der Waals surface area contributed by atoms with Crippen LogP contribution in [0.1, 0.15) is 41.8 Å². The number of rotatable bonds is 7. The van der Waals surface area contributed by atoms with Crippen molar-refractivity contribution < 1.29 is 4.79 Å². The average Bonchev–Trinajstić information content (AvgIpc) is 3.28. The Bertz CT molecular complexity index is 1310. The SMILES string of the molecule is O=C(CCCn1cnc2ccccc2c1=O)N(Cc1ccccc1)c1nc2c(s1)CCCC2. The third-order valence-electron chi connectivity index (χ3n) is 6.07. The van der Waals surface area contributed by atoms with Gasteiger partial charge in [-0.3, -0.25) is 19.1 Å². The lowest BCUT2D eigenvalue weighted by molar-refractivity contribution is -0.118. The zero-order valence-corrected chi connectivity index (χ0v) is 19.3. The number of hydrogen-bond acceptors (Lipinski definition) is 5. The fourth-order valence-corrected chi connectivity index (χ4v) is 5.45. The molecule has 0 atom stereocenters. The van der Waals surface area contributed by atoms with Crippen molar-refractivity contribution >= 4 is 33.3 Å². The monoisotopic (exact) mass is 458 g/mol. The number of hydrogen-bond donors (Lipinski definition) is 0. The van der Waals surface area contributed by atoms with E-state index in [4.69, 9.17) is 4.98 Å². The molecule has 0 fully saturated rings. The van der Waals surface area contributed by atoms with Crippen molar-refractivity contribution in [2.24, 2.45) is 0 Å². The third-order valence-corrected chi connectivity index (χ3v) is 7.25. The van der Waals surface area contributed by atoms with E-state index < -0.39 is 0 Å². The molecule has 1 aliphatic carbocycles. The molecule has 1 amide bonds. The lowest BCUT2D eigenvalue weighted by Gasteiger charge is -2.20. The Morgan fingerprint density at radius 1 is 1.03 bits per heavy atom. The molecule has 2 aromatic carbocycles. The number of nitrogens with zero attached hydrogens (tertiary/aromatic N) is 4. The Morgan fingerprint density at radius 3 is 2.67 bits per heavy atom. The maximum absolute atomic E-state index is 13.3. The lowest BCUT2D eigenvalue weighted by Crippen LogP contribution is -2.30. The second kappa shape index (κ2) is 9.67. The van der Waals surface area contributed by atoms with Crippen LogP contribution in [-0.4, -0.2) is 20.4 Å². The van der Waals surface area contributed by atoms with Crippen molar-refractivity contribution in [2.75, 3.05) is 4.90 Å². The molecule has 0 bridgehead atoms. The summed E-state index contributed by atoms with van der Waals surface area (Å²) in [5.41, 5.74) is 2.85. The van der Waals surface area contributed by atoms with E-state index in [0.29, 0.717) is 36.8 Å². The van der Waals surface area contributed by atoms with Crippen LogP contribution >= 0.6 is 11.3 Å². The quantitative estimate of drug-likeness (QED) is 0.401. The van der Waals surface area contributed by atoms with Gasteiger partial charge in [-0.25, -0.2) is 9.97 Å². The number of carbonyl (C=O) groups is 1. The van der Waals surface area contributed by atoms with E-state index in [0.717, 1.165) is 35.7 Å². The van der Waals surface area contributed by atoms with Crippen molar-refractivity contribution in [3.05, 3.63) is 87.4 Å². The zero-order chi connectivity index (χ0) is 22.6. The Morgan fingerprint density at radius 2 is 1.82 bits per heavy atom. The second-order valence-electron chi connectivity index (χ2n) is 8.40. The summed E-state index contributed by atoms with van der Waals surface area (Å²) in [5.74, 6) is 0.0340. The summed E-state index contributed by atoms with van der Waals surface area (Å²) in [4.78, 5) is 38.4. The standard InChI is InChI=1S/C26H26N4O2S/c31-24(15-8-16-29-18-27-21-12-5-4-11-20(21)25(29)32)30(17-19-9-2-1-3-10-19)26-28-22-13-6-7-14-23(22)33-26/h1-5,9-12,18H,6-8,13-17H2. The Labute approximate surface area is 196 Å². The number of thiazole rings is 1. The molecule has 7 heteroatoms. The number of carbonyl (C=O) groups excluding carboxylic acids is 1. The molecular weight excluding hydrogens is 432 g/mol. The molecule has 0 unspecified atom stereocenters. The largest absolute Gasteiger partial charge is 0.299 e. The smallest absolute Gasteiger partial charge is 0.261 e. The van der Waals surface area contributed by atoms with E-state index in [1.807, 2.05) is 53.4 Å². The predicted octanol–water partition coefficient (Wildman–Crippen LogP) is 4.75. The molecule has 0 spiro atoms. The number of anilines is 1. The molecule has 0 saturated carbocycles. The van der Waals surface area contributed by atoms with Gasteiger partial charge in [-0.15, -0.1) is 11.3 Å². The molecule has 2 heterocycles. The van der Waals surface area contributed by atoms with E-state index in [1.165, 1.54) is 11.3 Å².